The minimum atomic E-state index is -1.13. The summed E-state index contributed by atoms with van der Waals surface area (Å²) in [6.45, 7) is 0. The second-order valence-electron chi connectivity index (χ2n) is 3.99. The first-order valence-corrected chi connectivity index (χ1v) is 6.97. The zero-order chi connectivity index (χ0) is 15.2. The predicted octanol–water partition coefficient (Wildman–Crippen LogP) is 2.72. The van der Waals surface area contributed by atoms with Crippen LogP contribution in [0.5, 0.6) is 5.75 Å². The number of benzene rings is 1. The summed E-state index contributed by atoms with van der Waals surface area (Å²) >= 11 is 1.13. The first-order valence-electron chi connectivity index (χ1n) is 5.98. The van der Waals surface area contributed by atoms with Crippen LogP contribution in [0.4, 0.5) is 5.69 Å². The molecule has 0 bridgehead atoms. The third kappa shape index (κ3) is 4.28. The van der Waals surface area contributed by atoms with Crippen molar-refractivity contribution in [3.05, 3.63) is 42.2 Å². The monoisotopic (exact) mass is 307 g/mol. The average Bonchev–Trinajstić information content (AvgIpc) is 2.95. The molecule has 0 spiro atoms. The highest BCUT2D eigenvalue weighted by molar-refractivity contribution is 7.99. The summed E-state index contributed by atoms with van der Waals surface area (Å²) in [6, 6.07) is 9.83. The quantitative estimate of drug-likeness (QED) is 0.798. The molecule has 2 aromatic rings. The Kier molecular flexibility index (Phi) is 4.89. The molecular formula is C14H13NO5S. The summed E-state index contributed by atoms with van der Waals surface area (Å²) in [4.78, 5) is 22.4. The van der Waals surface area contributed by atoms with E-state index in [1.54, 1.807) is 31.4 Å². The lowest BCUT2D eigenvalue weighted by Crippen LogP contribution is -2.13. The van der Waals surface area contributed by atoms with Crippen LogP contribution in [0.15, 0.2) is 45.9 Å². The molecule has 0 unspecified atom stereocenters. The van der Waals surface area contributed by atoms with Crippen molar-refractivity contribution in [2.75, 3.05) is 18.2 Å². The summed E-state index contributed by atoms with van der Waals surface area (Å²) in [5, 5.41) is 11.8. The number of nitrogens with one attached hydrogen (secondary N) is 1. The Morgan fingerprint density at radius 1 is 1.24 bits per heavy atom. The van der Waals surface area contributed by atoms with E-state index in [4.69, 9.17) is 14.3 Å². The summed E-state index contributed by atoms with van der Waals surface area (Å²) in [5.41, 5.74) is 0.659. The SMILES string of the molecule is COc1ccc(NC(=O)CSc2ccc(C(=O)O)o2)cc1. The van der Waals surface area contributed by atoms with Crippen LogP contribution < -0.4 is 10.1 Å². The third-order valence-corrected chi connectivity index (χ3v) is 3.42. The summed E-state index contributed by atoms with van der Waals surface area (Å²) in [7, 11) is 1.57. The van der Waals surface area contributed by atoms with E-state index in [0.29, 0.717) is 16.5 Å². The number of carboxylic acid groups (broad SMARTS) is 1. The van der Waals surface area contributed by atoms with E-state index in [2.05, 4.69) is 5.32 Å². The molecule has 1 aromatic carbocycles. The molecule has 7 heteroatoms. The van der Waals surface area contributed by atoms with Crippen molar-refractivity contribution in [3.63, 3.8) is 0 Å². The van der Waals surface area contributed by atoms with E-state index in [1.807, 2.05) is 0 Å². The van der Waals surface area contributed by atoms with Gasteiger partial charge in [-0.25, -0.2) is 4.79 Å². The molecule has 1 aromatic heterocycles. The van der Waals surface area contributed by atoms with Crippen LogP contribution in [0.3, 0.4) is 0 Å². The van der Waals surface area contributed by atoms with E-state index in [9.17, 15) is 9.59 Å². The van der Waals surface area contributed by atoms with Crippen LogP contribution in [0.25, 0.3) is 0 Å². The van der Waals surface area contributed by atoms with Gasteiger partial charge in [0.25, 0.3) is 0 Å². The first-order chi connectivity index (χ1) is 10.1. The molecule has 1 heterocycles. The highest BCUT2D eigenvalue weighted by atomic mass is 32.2. The van der Waals surface area contributed by atoms with Gasteiger partial charge in [-0.15, -0.1) is 0 Å². The molecule has 2 N–H and O–H groups in total. The number of carbonyl (C=O) groups is 2. The van der Waals surface area contributed by atoms with Crippen molar-refractivity contribution in [3.8, 4) is 5.75 Å². The zero-order valence-corrected chi connectivity index (χ0v) is 12.0. The number of amides is 1. The Hall–Kier alpha value is -2.41. The van der Waals surface area contributed by atoms with Gasteiger partial charge in [-0.05, 0) is 36.4 Å². The number of furan rings is 1. The summed E-state index contributed by atoms with van der Waals surface area (Å²) < 4.78 is 10.1. The lowest BCUT2D eigenvalue weighted by Gasteiger charge is -2.05. The topological polar surface area (TPSA) is 88.8 Å². The molecule has 110 valence electrons. The molecule has 6 nitrogen and oxygen atoms in total. The number of carboxylic acids is 1. The first kappa shape index (κ1) is 15.0. The fourth-order valence-corrected chi connectivity index (χ4v) is 2.18. The number of ether oxygens (including phenoxy) is 1. The number of aromatic carboxylic acids is 1. The highest BCUT2D eigenvalue weighted by Gasteiger charge is 2.11. The van der Waals surface area contributed by atoms with Crippen molar-refractivity contribution >= 4 is 29.3 Å². The van der Waals surface area contributed by atoms with Gasteiger partial charge in [0, 0.05) is 5.69 Å². The van der Waals surface area contributed by atoms with Gasteiger partial charge in [0.05, 0.1) is 12.9 Å². The normalized spacial score (nSPS) is 10.1. The maximum absolute atomic E-state index is 11.8. The lowest BCUT2D eigenvalue weighted by molar-refractivity contribution is -0.113. The molecule has 2 rings (SSSR count). The number of hydrogen-bond donors (Lipinski definition) is 2. The molecule has 0 aliphatic rings. The van der Waals surface area contributed by atoms with Crippen molar-refractivity contribution in [2.45, 2.75) is 5.09 Å². The van der Waals surface area contributed by atoms with Gasteiger partial charge in [-0.3, -0.25) is 4.79 Å². The van der Waals surface area contributed by atoms with E-state index in [1.165, 1.54) is 12.1 Å². The number of anilines is 1. The Labute approximate surface area is 125 Å². The van der Waals surface area contributed by atoms with Gasteiger partial charge < -0.3 is 19.6 Å². The predicted molar refractivity (Wildman–Crippen MR) is 78.0 cm³/mol. The van der Waals surface area contributed by atoms with Gasteiger partial charge in [0.2, 0.25) is 11.7 Å². The molecular weight excluding hydrogens is 294 g/mol. The van der Waals surface area contributed by atoms with Gasteiger partial charge in [-0.2, -0.15) is 0 Å². The van der Waals surface area contributed by atoms with Crippen molar-refractivity contribution < 1.29 is 23.8 Å². The number of methoxy groups -OCH3 is 1. The Balaban J connectivity index is 1.84. The van der Waals surface area contributed by atoms with Crippen molar-refractivity contribution in [1.82, 2.24) is 0 Å². The van der Waals surface area contributed by atoms with E-state index in [-0.39, 0.29) is 17.4 Å². The summed E-state index contributed by atoms with van der Waals surface area (Å²) in [5.74, 6) is -0.659. The zero-order valence-electron chi connectivity index (χ0n) is 11.2. The molecule has 0 aliphatic heterocycles. The smallest absolute Gasteiger partial charge is 0.371 e. The number of hydrogen-bond acceptors (Lipinski definition) is 5. The second-order valence-corrected chi connectivity index (χ2v) is 4.97. The molecule has 0 aliphatic carbocycles. The van der Waals surface area contributed by atoms with E-state index >= 15 is 0 Å². The Morgan fingerprint density at radius 3 is 2.52 bits per heavy atom. The standard InChI is InChI=1S/C14H13NO5S/c1-19-10-4-2-9(3-5-10)15-12(16)8-21-13-7-6-11(20-13)14(17)18/h2-7H,8H2,1H3,(H,15,16)(H,17,18). The lowest BCUT2D eigenvalue weighted by atomic mass is 10.3. The van der Waals surface area contributed by atoms with Crippen molar-refractivity contribution in [1.29, 1.82) is 0 Å². The second kappa shape index (κ2) is 6.85. The Bertz CT molecular complexity index is 635. The summed E-state index contributed by atoms with van der Waals surface area (Å²) in [6.07, 6.45) is 0. The van der Waals surface area contributed by atoms with Crippen LogP contribution >= 0.6 is 11.8 Å². The molecule has 0 radical (unpaired) electrons. The molecule has 21 heavy (non-hydrogen) atoms. The Morgan fingerprint density at radius 2 is 1.95 bits per heavy atom. The number of thioether (sulfide) groups is 1. The van der Waals surface area contributed by atoms with Crippen LogP contribution in [0, 0.1) is 0 Å². The van der Waals surface area contributed by atoms with Gasteiger partial charge in [-0.1, -0.05) is 11.8 Å². The fraction of sp³-hybridized carbons (Fsp3) is 0.143. The third-order valence-electron chi connectivity index (χ3n) is 2.51. The molecule has 0 atom stereocenters. The maximum atomic E-state index is 11.8. The van der Waals surface area contributed by atoms with Crippen LogP contribution in [0.2, 0.25) is 0 Å². The largest absolute Gasteiger partial charge is 0.497 e. The van der Waals surface area contributed by atoms with Gasteiger partial charge in [0.1, 0.15) is 5.75 Å². The van der Waals surface area contributed by atoms with E-state index < -0.39 is 5.97 Å². The minimum Gasteiger partial charge on any atom is -0.497 e. The molecule has 0 saturated heterocycles. The number of rotatable bonds is 6. The van der Waals surface area contributed by atoms with Gasteiger partial charge >= 0.3 is 5.97 Å². The highest BCUT2D eigenvalue weighted by Crippen LogP contribution is 2.21. The van der Waals surface area contributed by atoms with Crippen LogP contribution in [0.1, 0.15) is 10.6 Å². The maximum Gasteiger partial charge on any atom is 0.371 e. The average molecular weight is 307 g/mol. The van der Waals surface area contributed by atoms with Gasteiger partial charge in [0.15, 0.2) is 5.09 Å². The fourth-order valence-electron chi connectivity index (χ4n) is 1.52. The number of carbonyl (C=O) groups excluding carboxylic acids is 1. The molecule has 1 amide bonds. The molecule has 0 fully saturated rings. The van der Waals surface area contributed by atoms with Crippen LogP contribution in [-0.2, 0) is 4.79 Å². The van der Waals surface area contributed by atoms with E-state index in [0.717, 1.165) is 11.8 Å². The molecule has 0 saturated carbocycles. The van der Waals surface area contributed by atoms with Crippen LogP contribution in [-0.4, -0.2) is 29.8 Å². The minimum absolute atomic E-state index is 0.124. The van der Waals surface area contributed by atoms with Crippen molar-refractivity contribution in [2.24, 2.45) is 0 Å².